The van der Waals surface area contributed by atoms with Crippen molar-refractivity contribution in [3.8, 4) is 0 Å². The van der Waals surface area contributed by atoms with Gasteiger partial charge in [0.25, 0.3) is 5.91 Å². The van der Waals surface area contributed by atoms with Crippen LogP contribution in [0, 0.1) is 6.92 Å². The smallest absolute Gasteiger partial charge is 0.254 e. The molecule has 2 fully saturated rings. The predicted octanol–water partition coefficient (Wildman–Crippen LogP) is 3.39. The lowest BCUT2D eigenvalue weighted by molar-refractivity contribution is 0.0630. The van der Waals surface area contributed by atoms with Crippen molar-refractivity contribution in [2.75, 3.05) is 6.54 Å². The highest BCUT2D eigenvalue weighted by Gasteiger charge is 2.37. The van der Waals surface area contributed by atoms with Gasteiger partial charge in [0.05, 0.1) is 0 Å². The molecule has 2 aliphatic rings. The molecule has 0 aliphatic carbocycles. The minimum absolute atomic E-state index is 0.129. The van der Waals surface area contributed by atoms with Crippen LogP contribution >= 0.6 is 11.6 Å². The monoisotopic (exact) mass is 306 g/mol. The zero-order valence-corrected chi connectivity index (χ0v) is 13.5. The van der Waals surface area contributed by atoms with Crippen LogP contribution in [-0.4, -0.2) is 35.5 Å². The molecule has 0 saturated carbocycles. The fourth-order valence-electron chi connectivity index (χ4n) is 3.84. The van der Waals surface area contributed by atoms with Gasteiger partial charge in [-0.05, 0) is 57.2 Å². The fourth-order valence-corrected chi connectivity index (χ4v) is 4.02. The molecule has 2 unspecified atom stereocenters. The number of piperidine rings is 1. The summed E-state index contributed by atoms with van der Waals surface area (Å²) in [6.07, 6.45) is 4.66. The molecule has 0 aromatic heterocycles. The number of halogens is 1. The van der Waals surface area contributed by atoms with Gasteiger partial charge in [-0.1, -0.05) is 17.7 Å². The Morgan fingerprint density at radius 1 is 1.33 bits per heavy atom. The van der Waals surface area contributed by atoms with Gasteiger partial charge in [-0.3, -0.25) is 4.79 Å². The van der Waals surface area contributed by atoms with Crippen molar-refractivity contribution in [3.05, 3.63) is 34.3 Å². The Hall–Kier alpha value is -1.06. The third-order valence-electron chi connectivity index (χ3n) is 4.99. The highest BCUT2D eigenvalue weighted by molar-refractivity contribution is 6.31. The highest BCUT2D eigenvalue weighted by Crippen LogP contribution is 2.31. The van der Waals surface area contributed by atoms with Gasteiger partial charge in [0, 0.05) is 35.3 Å². The molecule has 21 heavy (non-hydrogen) atoms. The number of fused-ring (bicyclic) bond motifs is 2. The highest BCUT2D eigenvalue weighted by atomic mass is 35.5. The van der Waals surface area contributed by atoms with Gasteiger partial charge in [-0.25, -0.2) is 0 Å². The Labute approximate surface area is 131 Å². The molecule has 2 aliphatic heterocycles. The molecule has 4 heteroatoms. The summed E-state index contributed by atoms with van der Waals surface area (Å²) in [7, 11) is 0. The first-order chi connectivity index (χ1) is 10.1. The number of carbonyl (C=O) groups excluding carboxylic acids is 1. The van der Waals surface area contributed by atoms with Crippen LogP contribution in [0.5, 0.6) is 0 Å². The van der Waals surface area contributed by atoms with Crippen LogP contribution in [0.25, 0.3) is 0 Å². The van der Waals surface area contributed by atoms with Crippen molar-refractivity contribution < 1.29 is 4.79 Å². The van der Waals surface area contributed by atoms with E-state index in [9.17, 15) is 4.79 Å². The number of nitrogens with zero attached hydrogens (tertiary/aromatic N) is 1. The molecule has 0 radical (unpaired) electrons. The molecule has 2 heterocycles. The largest absolute Gasteiger partial charge is 0.336 e. The average molecular weight is 307 g/mol. The van der Waals surface area contributed by atoms with E-state index in [1.165, 1.54) is 12.8 Å². The number of hydrogen-bond donors (Lipinski definition) is 1. The quantitative estimate of drug-likeness (QED) is 0.928. The second kappa shape index (κ2) is 5.98. The van der Waals surface area contributed by atoms with Gasteiger partial charge in [-0.15, -0.1) is 0 Å². The van der Waals surface area contributed by atoms with E-state index in [0.29, 0.717) is 23.1 Å². The summed E-state index contributed by atoms with van der Waals surface area (Å²) in [5.41, 5.74) is 1.63. The van der Waals surface area contributed by atoms with Gasteiger partial charge in [0.1, 0.15) is 0 Å². The molecule has 2 atom stereocenters. The Bertz CT molecular complexity index is 534. The summed E-state index contributed by atoms with van der Waals surface area (Å²) in [5.74, 6) is 0.129. The topological polar surface area (TPSA) is 32.3 Å². The molecule has 0 spiro atoms. The molecular weight excluding hydrogens is 284 g/mol. The lowest BCUT2D eigenvalue weighted by Gasteiger charge is -2.37. The fraction of sp³-hybridized carbons (Fsp3) is 0.588. The first-order valence-corrected chi connectivity index (χ1v) is 8.30. The van der Waals surface area contributed by atoms with Crippen molar-refractivity contribution in [2.45, 2.75) is 57.7 Å². The minimum atomic E-state index is 0.129. The zero-order chi connectivity index (χ0) is 15.0. The van der Waals surface area contributed by atoms with Crippen LogP contribution < -0.4 is 5.32 Å². The van der Waals surface area contributed by atoms with E-state index in [2.05, 4.69) is 12.2 Å². The summed E-state index contributed by atoms with van der Waals surface area (Å²) >= 11 is 6.17. The summed E-state index contributed by atoms with van der Waals surface area (Å²) in [5, 5.41) is 4.31. The summed E-state index contributed by atoms with van der Waals surface area (Å²) in [6, 6.07) is 7.14. The van der Waals surface area contributed by atoms with Crippen molar-refractivity contribution in [1.82, 2.24) is 10.2 Å². The number of hydrogen-bond acceptors (Lipinski definition) is 2. The third-order valence-corrected chi connectivity index (χ3v) is 5.40. The Kier molecular flexibility index (Phi) is 4.23. The van der Waals surface area contributed by atoms with E-state index in [1.807, 2.05) is 30.0 Å². The maximum Gasteiger partial charge on any atom is 0.254 e. The average Bonchev–Trinajstić information content (AvgIpc) is 2.81. The molecule has 1 N–H and O–H groups in total. The van der Waals surface area contributed by atoms with E-state index in [0.717, 1.165) is 30.5 Å². The van der Waals surface area contributed by atoms with Gasteiger partial charge >= 0.3 is 0 Å². The summed E-state index contributed by atoms with van der Waals surface area (Å²) in [6.45, 7) is 4.76. The molecule has 1 aromatic rings. The SMILES string of the molecule is CCN(C(=O)c1cccc(Cl)c1C)C1CC2CCC(C1)N2. The molecule has 114 valence electrons. The van der Waals surface area contributed by atoms with Crippen LogP contribution in [0.4, 0.5) is 0 Å². The minimum Gasteiger partial charge on any atom is -0.336 e. The second-order valence-electron chi connectivity index (χ2n) is 6.27. The van der Waals surface area contributed by atoms with Crippen LogP contribution in [0.2, 0.25) is 5.02 Å². The Morgan fingerprint density at radius 3 is 2.62 bits per heavy atom. The maximum absolute atomic E-state index is 12.9. The number of rotatable bonds is 3. The lowest BCUT2D eigenvalue weighted by atomic mass is 9.96. The molecular formula is C17H23ClN2O. The molecule has 2 bridgehead atoms. The van der Waals surface area contributed by atoms with Gasteiger partial charge in [-0.2, -0.15) is 0 Å². The van der Waals surface area contributed by atoms with E-state index in [1.54, 1.807) is 0 Å². The maximum atomic E-state index is 12.9. The van der Waals surface area contributed by atoms with Crippen molar-refractivity contribution in [1.29, 1.82) is 0 Å². The van der Waals surface area contributed by atoms with E-state index in [-0.39, 0.29) is 5.91 Å². The molecule has 1 amide bonds. The molecule has 3 rings (SSSR count). The number of amides is 1. The Morgan fingerprint density at radius 2 is 2.00 bits per heavy atom. The van der Waals surface area contributed by atoms with Crippen molar-refractivity contribution >= 4 is 17.5 Å². The lowest BCUT2D eigenvalue weighted by Crippen LogP contribution is -2.50. The van der Waals surface area contributed by atoms with Crippen LogP contribution in [0.15, 0.2) is 18.2 Å². The van der Waals surface area contributed by atoms with Crippen LogP contribution in [0.1, 0.15) is 48.5 Å². The first-order valence-electron chi connectivity index (χ1n) is 7.92. The first kappa shape index (κ1) is 14.9. The van der Waals surface area contributed by atoms with Gasteiger partial charge in [0.15, 0.2) is 0 Å². The van der Waals surface area contributed by atoms with Gasteiger partial charge < -0.3 is 10.2 Å². The van der Waals surface area contributed by atoms with Crippen LogP contribution in [0.3, 0.4) is 0 Å². The Balaban J connectivity index is 1.82. The molecule has 3 nitrogen and oxygen atoms in total. The van der Waals surface area contributed by atoms with E-state index < -0.39 is 0 Å². The zero-order valence-electron chi connectivity index (χ0n) is 12.7. The van der Waals surface area contributed by atoms with Crippen molar-refractivity contribution in [2.24, 2.45) is 0 Å². The number of carbonyl (C=O) groups is 1. The second-order valence-corrected chi connectivity index (χ2v) is 6.67. The van der Waals surface area contributed by atoms with Gasteiger partial charge in [0.2, 0.25) is 0 Å². The predicted molar refractivity (Wildman–Crippen MR) is 85.9 cm³/mol. The number of nitrogens with one attached hydrogen (secondary N) is 1. The molecule has 2 saturated heterocycles. The summed E-state index contributed by atoms with van der Waals surface area (Å²) in [4.78, 5) is 15.0. The molecule has 1 aromatic carbocycles. The van der Waals surface area contributed by atoms with E-state index in [4.69, 9.17) is 11.6 Å². The standard InChI is InChI=1S/C17H23ClN2O/c1-3-20(14-9-12-7-8-13(10-14)19-12)17(21)15-5-4-6-16(18)11(15)2/h4-6,12-14,19H,3,7-10H2,1-2H3. The number of benzene rings is 1. The van der Waals surface area contributed by atoms with Crippen LogP contribution in [-0.2, 0) is 0 Å². The third kappa shape index (κ3) is 2.82. The normalized spacial score (nSPS) is 27.7. The van der Waals surface area contributed by atoms with E-state index >= 15 is 0 Å². The summed E-state index contributed by atoms with van der Waals surface area (Å²) < 4.78 is 0. The van der Waals surface area contributed by atoms with Crippen molar-refractivity contribution in [3.63, 3.8) is 0 Å².